The third-order valence-electron chi connectivity index (χ3n) is 3.00. The first-order valence-corrected chi connectivity index (χ1v) is 6.76. The number of carbonyl (C=O) groups is 1. The average Bonchev–Trinajstić information content (AvgIpc) is 3.04. The number of benzene rings is 1. The summed E-state index contributed by atoms with van der Waals surface area (Å²) < 4.78 is 0. The molecule has 0 bridgehead atoms. The summed E-state index contributed by atoms with van der Waals surface area (Å²) in [6, 6.07) is 11.2. The lowest BCUT2D eigenvalue weighted by molar-refractivity contribution is 0.0945. The lowest BCUT2D eigenvalue weighted by atomic mass is 10.3. The minimum Gasteiger partial charge on any atom is -0.345 e. The van der Waals surface area contributed by atoms with Gasteiger partial charge in [-0.2, -0.15) is 9.90 Å². The van der Waals surface area contributed by atoms with Crippen molar-refractivity contribution in [2.24, 2.45) is 0 Å². The van der Waals surface area contributed by atoms with Gasteiger partial charge in [0.05, 0.1) is 24.1 Å². The van der Waals surface area contributed by atoms with Crippen LogP contribution in [-0.2, 0) is 6.54 Å². The second-order valence-electron chi connectivity index (χ2n) is 4.69. The van der Waals surface area contributed by atoms with Crippen molar-refractivity contribution in [1.82, 2.24) is 30.3 Å². The summed E-state index contributed by atoms with van der Waals surface area (Å²) in [5.74, 6) is -0.293. The third-order valence-corrected chi connectivity index (χ3v) is 3.00. The number of amides is 1. The van der Waals surface area contributed by atoms with Gasteiger partial charge >= 0.3 is 0 Å². The number of nitrogens with zero attached hydrogens (tertiary/aromatic N) is 5. The predicted molar refractivity (Wildman–Crippen MR) is 79.3 cm³/mol. The highest BCUT2D eigenvalue weighted by molar-refractivity contribution is 5.91. The van der Waals surface area contributed by atoms with E-state index in [0.29, 0.717) is 6.54 Å². The van der Waals surface area contributed by atoms with Gasteiger partial charge in [-0.1, -0.05) is 18.2 Å². The number of nitrogens with one attached hydrogen (secondary N) is 1. The quantitative estimate of drug-likeness (QED) is 0.783. The van der Waals surface area contributed by atoms with E-state index in [-0.39, 0.29) is 11.6 Å². The summed E-state index contributed by atoms with van der Waals surface area (Å²) in [5, 5.41) is 11.0. The lowest BCUT2D eigenvalue weighted by Gasteiger charge is -2.02. The summed E-state index contributed by atoms with van der Waals surface area (Å²) in [4.78, 5) is 21.6. The van der Waals surface area contributed by atoms with E-state index < -0.39 is 0 Å². The molecule has 1 N–H and O–H groups in total. The van der Waals surface area contributed by atoms with Crippen LogP contribution < -0.4 is 5.32 Å². The molecule has 22 heavy (non-hydrogen) atoms. The van der Waals surface area contributed by atoms with Crippen LogP contribution >= 0.6 is 0 Å². The van der Waals surface area contributed by atoms with Crippen molar-refractivity contribution in [3.05, 3.63) is 66.0 Å². The van der Waals surface area contributed by atoms with Gasteiger partial charge in [0, 0.05) is 5.69 Å². The number of hydrogen-bond acceptors (Lipinski definition) is 5. The molecule has 3 aromatic rings. The standard InChI is InChI=1S/C15H14N6O/c1-11-7-12(18-10-17-11)8-16-15(22)14-9-19-21(20-14)13-5-3-2-4-6-13/h2-7,9-10H,8H2,1H3,(H,16,22). The molecular formula is C15H14N6O. The van der Waals surface area contributed by atoms with Gasteiger partial charge in [0.2, 0.25) is 0 Å². The maximum Gasteiger partial charge on any atom is 0.273 e. The molecule has 7 heteroatoms. The van der Waals surface area contributed by atoms with Crippen molar-refractivity contribution in [1.29, 1.82) is 0 Å². The fraction of sp³-hybridized carbons (Fsp3) is 0.133. The van der Waals surface area contributed by atoms with Gasteiger partial charge in [0.15, 0.2) is 5.69 Å². The number of carbonyl (C=O) groups excluding carboxylic acids is 1. The molecule has 0 aliphatic heterocycles. The molecule has 0 spiro atoms. The zero-order valence-corrected chi connectivity index (χ0v) is 12.0. The molecule has 0 saturated carbocycles. The van der Waals surface area contributed by atoms with Crippen LogP contribution in [0.15, 0.2) is 48.9 Å². The second kappa shape index (κ2) is 6.13. The molecule has 7 nitrogen and oxygen atoms in total. The molecule has 2 heterocycles. The molecule has 0 aliphatic rings. The highest BCUT2D eigenvalue weighted by Gasteiger charge is 2.11. The molecule has 1 aromatic carbocycles. The van der Waals surface area contributed by atoms with Crippen LogP contribution in [0.1, 0.15) is 21.9 Å². The van der Waals surface area contributed by atoms with Gasteiger partial charge < -0.3 is 5.32 Å². The Labute approximate surface area is 127 Å². The number of para-hydroxylation sites is 1. The van der Waals surface area contributed by atoms with Crippen molar-refractivity contribution in [3.63, 3.8) is 0 Å². The van der Waals surface area contributed by atoms with Gasteiger partial charge in [-0.05, 0) is 25.1 Å². The van der Waals surface area contributed by atoms with E-state index in [2.05, 4.69) is 25.5 Å². The molecule has 3 rings (SSSR count). The largest absolute Gasteiger partial charge is 0.345 e. The van der Waals surface area contributed by atoms with E-state index in [1.165, 1.54) is 17.3 Å². The number of aryl methyl sites for hydroxylation is 1. The average molecular weight is 294 g/mol. The summed E-state index contributed by atoms with van der Waals surface area (Å²) >= 11 is 0. The highest BCUT2D eigenvalue weighted by atomic mass is 16.2. The lowest BCUT2D eigenvalue weighted by Crippen LogP contribution is -2.24. The molecule has 0 aliphatic carbocycles. The van der Waals surface area contributed by atoms with Crippen molar-refractivity contribution in [2.75, 3.05) is 0 Å². The van der Waals surface area contributed by atoms with Crippen LogP contribution in [0.5, 0.6) is 0 Å². The molecule has 0 unspecified atom stereocenters. The summed E-state index contributed by atoms with van der Waals surface area (Å²) in [6.45, 7) is 2.19. The van der Waals surface area contributed by atoms with E-state index in [1.807, 2.05) is 43.3 Å². The Morgan fingerprint density at radius 3 is 2.82 bits per heavy atom. The van der Waals surface area contributed by atoms with Crippen molar-refractivity contribution in [3.8, 4) is 5.69 Å². The SMILES string of the molecule is Cc1cc(CNC(=O)c2cnn(-c3ccccc3)n2)ncn1. The first kappa shape index (κ1) is 13.9. The smallest absolute Gasteiger partial charge is 0.273 e. The third kappa shape index (κ3) is 3.14. The van der Waals surface area contributed by atoms with Crippen LogP contribution in [0, 0.1) is 6.92 Å². The first-order chi connectivity index (χ1) is 10.7. The Hall–Kier alpha value is -3.09. The van der Waals surface area contributed by atoms with Gasteiger partial charge in [0.1, 0.15) is 6.33 Å². The molecule has 0 radical (unpaired) electrons. The van der Waals surface area contributed by atoms with Gasteiger partial charge in [-0.3, -0.25) is 4.79 Å². The number of rotatable bonds is 4. The Bertz CT molecular complexity index is 783. The Kier molecular flexibility index (Phi) is 3.86. The van der Waals surface area contributed by atoms with Gasteiger partial charge in [0.25, 0.3) is 5.91 Å². The Morgan fingerprint density at radius 1 is 1.23 bits per heavy atom. The van der Waals surface area contributed by atoms with Gasteiger partial charge in [-0.25, -0.2) is 9.97 Å². The molecule has 0 saturated heterocycles. The van der Waals surface area contributed by atoms with Gasteiger partial charge in [-0.15, -0.1) is 5.10 Å². The summed E-state index contributed by atoms with van der Waals surface area (Å²) in [6.07, 6.45) is 2.91. The van der Waals surface area contributed by atoms with E-state index in [9.17, 15) is 4.79 Å². The fourth-order valence-electron chi connectivity index (χ4n) is 1.92. The Balaban J connectivity index is 1.67. The molecule has 0 fully saturated rings. The predicted octanol–water partition coefficient (Wildman–Crippen LogP) is 1.30. The minimum atomic E-state index is -0.293. The fourth-order valence-corrected chi connectivity index (χ4v) is 1.92. The molecular weight excluding hydrogens is 280 g/mol. The van der Waals surface area contributed by atoms with Crippen LogP contribution in [0.2, 0.25) is 0 Å². The topological polar surface area (TPSA) is 85.6 Å². The molecule has 2 aromatic heterocycles. The monoisotopic (exact) mass is 294 g/mol. The minimum absolute atomic E-state index is 0.259. The zero-order valence-electron chi connectivity index (χ0n) is 12.0. The molecule has 1 amide bonds. The van der Waals surface area contributed by atoms with E-state index in [1.54, 1.807) is 0 Å². The number of hydrogen-bond donors (Lipinski definition) is 1. The molecule has 0 atom stereocenters. The first-order valence-electron chi connectivity index (χ1n) is 6.76. The van der Waals surface area contributed by atoms with E-state index in [0.717, 1.165) is 17.1 Å². The maximum atomic E-state index is 12.1. The summed E-state index contributed by atoms with van der Waals surface area (Å²) in [7, 11) is 0. The van der Waals surface area contributed by atoms with Crippen LogP contribution in [0.4, 0.5) is 0 Å². The van der Waals surface area contributed by atoms with Crippen molar-refractivity contribution >= 4 is 5.91 Å². The molecule has 110 valence electrons. The Morgan fingerprint density at radius 2 is 2.05 bits per heavy atom. The van der Waals surface area contributed by atoms with Crippen LogP contribution in [0.3, 0.4) is 0 Å². The zero-order chi connectivity index (χ0) is 15.4. The van der Waals surface area contributed by atoms with Crippen molar-refractivity contribution < 1.29 is 4.79 Å². The van der Waals surface area contributed by atoms with Crippen LogP contribution in [-0.4, -0.2) is 30.9 Å². The van der Waals surface area contributed by atoms with E-state index in [4.69, 9.17) is 0 Å². The second-order valence-corrected chi connectivity index (χ2v) is 4.69. The highest BCUT2D eigenvalue weighted by Crippen LogP contribution is 2.04. The number of aromatic nitrogens is 5. The summed E-state index contributed by atoms with van der Waals surface area (Å²) in [5.41, 5.74) is 2.66. The van der Waals surface area contributed by atoms with E-state index >= 15 is 0 Å². The maximum absolute atomic E-state index is 12.1. The van der Waals surface area contributed by atoms with Crippen molar-refractivity contribution in [2.45, 2.75) is 13.5 Å². The van der Waals surface area contributed by atoms with Crippen LogP contribution in [0.25, 0.3) is 5.69 Å². The normalized spacial score (nSPS) is 10.4.